The normalized spacial score (nSPS) is 12.0. The Labute approximate surface area is 253 Å². The van der Waals surface area contributed by atoms with Crippen molar-refractivity contribution in [2.45, 2.75) is 0 Å². The molecular formula is C37H26IN4-. The second-order valence-electron chi connectivity index (χ2n) is 10.3. The van der Waals surface area contributed by atoms with Crippen molar-refractivity contribution in [3.05, 3.63) is 147 Å². The molecule has 5 heteroatoms. The Bertz CT molecular complexity index is 2280. The molecule has 0 unspecified atom stereocenters. The second-order valence-corrected chi connectivity index (χ2v) is 12.9. The van der Waals surface area contributed by atoms with Gasteiger partial charge in [0.05, 0.1) is 0 Å². The van der Waals surface area contributed by atoms with Crippen LogP contribution in [0.3, 0.4) is 0 Å². The zero-order valence-corrected chi connectivity index (χ0v) is 24.8. The van der Waals surface area contributed by atoms with Gasteiger partial charge in [-0.25, -0.2) is 0 Å². The van der Waals surface area contributed by atoms with Crippen molar-refractivity contribution >= 4 is 50.2 Å². The Kier molecular flexibility index (Phi) is 6.04. The maximum absolute atomic E-state index is 6.44. The Morgan fingerprint density at radius 3 is 2.24 bits per heavy atom. The molecule has 0 saturated heterocycles. The SMILES string of the molecule is Nc1c(/C=C\[I-]c2ccc(-c3c4ccccc4n4c5ccccc5n(-c5ccccc5)c34)cc2)ccc2cccnc12. The molecule has 3 aromatic heterocycles. The van der Waals surface area contributed by atoms with Crippen molar-refractivity contribution in [3.63, 3.8) is 0 Å². The summed E-state index contributed by atoms with van der Waals surface area (Å²) in [6.07, 6.45) is 3.94. The number of nitrogens with two attached hydrogens (primary N) is 1. The van der Waals surface area contributed by atoms with Crippen LogP contribution in [0.15, 0.2) is 138 Å². The zero-order valence-electron chi connectivity index (χ0n) is 22.7. The number of pyridine rings is 1. The van der Waals surface area contributed by atoms with E-state index in [4.69, 9.17) is 5.73 Å². The van der Waals surface area contributed by atoms with E-state index in [0.29, 0.717) is 0 Å². The Hall–Kier alpha value is -4.88. The number of halogens is 1. The molecule has 0 spiro atoms. The number of nitrogen functional groups attached to an aromatic ring is 1. The number of benzene rings is 5. The van der Waals surface area contributed by atoms with Gasteiger partial charge in [0.2, 0.25) is 0 Å². The first-order valence-electron chi connectivity index (χ1n) is 13.9. The maximum atomic E-state index is 6.44. The molecule has 0 aliphatic heterocycles. The molecule has 0 bridgehead atoms. The van der Waals surface area contributed by atoms with E-state index in [-0.39, 0.29) is 21.2 Å². The zero-order chi connectivity index (χ0) is 28.0. The quantitative estimate of drug-likeness (QED) is 0.190. The third-order valence-electron chi connectivity index (χ3n) is 7.85. The van der Waals surface area contributed by atoms with Crippen LogP contribution in [0.2, 0.25) is 0 Å². The topological polar surface area (TPSA) is 48.2 Å². The molecule has 0 radical (unpaired) electrons. The van der Waals surface area contributed by atoms with Gasteiger partial charge in [0.1, 0.15) is 0 Å². The van der Waals surface area contributed by atoms with Crippen molar-refractivity contribution in [2.24, 2.45) is 0 Å². The average Bonchev–Trinajstić information content (AvgIpc) is 3.56. The minimum absolute atomic E-state index is 0.325. The van der Waals surface area contributed by atoms with Gasteiger partial charge in [0, 0.05) is 0 Å². The summed E-state index contributed by atoms with van der Waals surface area (Å²) in [5.74, 6) is 0. The Morgan fingerprint density at radius 2 is 1.40 bits per heavy atom. The van der Waals surface area contributed by atoms with Gasteiger partial charge in [-0.1, -0.05) is 0 Å². The number of hydrogen-bond acceptors (Lipinski definition) is 2. The number of aromatic nitrogens is 3. The van der Waals surface area contributed by atoms with Crippen LogP contribution in [0.25, 0.3) is 61.4 Å². The molecule has 3 heterocycles. The van der Waals surface area contributed by atoms with E-state index in [1.54, 1.807) is 6.20 Å². The Morgan fingerprint density at radius 1 is 0.667 bits per heavy atom. The van der Waals surface area contributed by atoms with E-state index < -0.39 is 0 Å². The number of imidazole rings is 1. The molecular weight excluding hydrogens is 627 g/mol. The van der Waals surface area contributed by atoms with Gasteiger partial charge < -0.3 is 0 Å². The van der Waals surface area contributed by atoms with E-state index in [9.17, 15) is 0 Å². The summed E-state index contributed by atoms with van der Waals surface area (Å²) in [5, 5.41) is 2.32. The molecule has 2 N–H and O–H groups in total. The molecule has 0 fully saturated rings. The van der Waals surface area contributed by atoms with Crippen molar-refractivity contribution in [1.29, 1.82) is 0 Å². The third-order valence-corrected chi connectivity index (χ3v) is 10.0. The van der Waals surface area contributed by atoms with Crippen molar-refractivity contribution in [3.8, 4) is 16.8 Å². The summed E-state index contributed by atoms with van der Waals surface area (Å²) in [6.45, 7) is 0. The first-order valence-corrected chi connectivity index (χ1v) is 16.2. The molecule has 0 atom stereocenters. The van der Waals surface area contributed by atoms with Crippen LogP contribution in [-0.4, -0.2) is 14.0 Å². The number of rotatable bonds is 5. The number of para-hydroxylation sites is 4. The van der Waals surface area contributed by atoms with Gasteiger partial charge in [-0.3, -0.25) is 0 Å². The predicted octanol–water partition coefficient (Wildman–Crippen LogP) is 5.76. The summed E-state index contributed by atoms with van der Waals surface area (Å²) in [4.78, 5) is 4.47. The fourth-order valence-electron chi connectivity index (χ4n) is 5.95. The van der Waals surface area contributed by atoms with E-state index in [1.807, 2.05) is 12.1 Å². The molecule has 5 aromatic carbocycles. The summed E-state index contributed by atoms with van der Waals surface area (Å²) >= 11 is -0.325. The molecule has 8 aromatic rings. The molecule has 0 aliphatic rings. The van der Waals surface area contributed by atoms with Crippen LogP contribution in [0.4, 0.5) is 5.69 Å². The van der Waals surface area contributed by atoms with E-state index in [1.165, 1.54) is 42.3 Å². The monoisotopic (exact) mass is 653 g/mol. The van der Waals surface area contributed by atoms with Crippen molar-refractivity contribution in [2.75, 3.05) is 5.73 Å². The second kappa shape index (κ2) is 10.2. The summed E-state index contributed by atoms with van der Waals surface area (Å²) < 4.78 is 8.46. The molecule has 0 amide bonds. The first-order chi connectivity index (χ1) is 20.8. The molecule has 8 rings (SSSR count). The summed E-state index contributed by atoms with van der Waals surface area (Å²) in [6, 6.07) is 45.4. The van der Waals surface area contributed by atoms with Gasteiger partial charge in [0.25, 0.3) is 0 Å². The minimum atomic E-state index is -0.325. The van der Waals surface area contributed by atoms with Gasteiger partial charge >= 0.3 is 255 Å². The number of fused-ring (bicyclic) bond motifs is 6. The fourth-order valence-corrected chi connectivity index (χ4v) is 7.71. The van der Waals surface area contributed by atoms with Crippen LogP contribution < -0.4 is 26.9 Å². The third kappa shape index (κ3) is 4.00. The van der Waals surface area contributed by atoms with Crippen LogP contribution in [0.5, 0.6) is 0 Å². The fraction of sp³-hybridized carbons (Fsp3) is 0. The molecule has 4 nitrogen and oxygen atoms in total. The van der Waals surface area contributed by atoms with Crippen molar-refractivity contribution in [1.82, 2.24) is 14.0 Å². The van der Waals surface area contributed by atoms with Gasteiger partial charge in [-0.15, -0.1) is 0 Å². The summed E-state index contributed by atoms with van der Waals surface area (Å²) in [7, 11) is 0. The van der Waals surface area contributed by atoms with Gasteiger partial charge in [0.15, 0.2) is 0 Å². The average molecular weight is 654 g/mol. The van der Waals surface area contributed by atoms with Gasteiger partial charge in [-0.05, 0) is 0 Å². The first kappa shape index (κ1) is 24.9. The van der Waals surface area contributed by atoms with Crippen LogP contribution >= 0.6 is 0 Å². The Balaban J connectivity index is 1.22. The molecule has 0 aliphatic carbocycles. The molecule has 0 saturated carbocycles. The predicted molar refractivity (Wildman–Crippen MR) is 171 cm³/mol. The van der Waals surface area contributed by atoms with Crippen LogP contribution in [-0.2, 0) is 0 Å². The number of anilines is 1. The standard InChI is InChI=1S/C37H26IN4/c39-35-26(16-17-27-9-8-24-40-36(27)35)22-23-38-28-20-18-25(19-21-28)34-30-12-4-5-13-31(30)42-33-15-7-6-14-32(33)41(37(34)42)29-10-2-1-3-11-29/h1-24H,39H2/q-1/b23-22-. The molecule has 42 heavy (non-hydrogen) atoms. The van der Waals surface area contributed by atoms with Crippen LogP contribution in [0, 0.1) is 3.57 Å². The number of nitrogens with zero attached hydrogens (tertiary/aromatic N) is 3. The van der Waals surface area contributed by atoms with E-state index >= 15 is 0 Å². The van der Waals surface area contributed by atoms with Crippen LogP contribution in [0.1, 0.15) is 5.56 Å². The van der Waals surface area contributed by atoms with Gasteiger partial charge in [-0.2, -0.15) is 0 Å². The van der Waals surface area contributed by atoms with E-state index in [0.717, 1.165) is 27.8 Å². The number of hydrogen-bond donors (Lipinski definition) is 1. The van der Waals surface area contributed by atoms with Crippen molar-refractivity contribution < 1.29 is 21.2 Å². The van der Waals surface area contributed by atoms with E-state index in [2.05, 4.69) is 139 Å². The molecule has 202 valence electrons. The summed E-state index contributed by atoms with van der Waals surface area (Å²) in [5.41, 5.74) is 17.5.